The number of rotatable bonds is 2. The predicted molar refractivity (Wildman–Crippen MR) is 83.9 cm³/mol. The largest absolute Gasteiger partial charge is 0.457 e. The molecule has 4 heteroatoms. The van der Waals surface area contributed by atoms with Crippen molar-refractivity contribution < 1.29 is 9.21 Å². The Morgan fingerprint density at radius 1 is 1.19 bits per heavy atom. The first kappa shape index (κ1) is 13.9. The number of hydrogen-bond donors (Lipinski definition) is 0. The van der Waals surface area contributed by atoms with E-state index in [4.69, 9.17) is 4.42 Å². The van der Waals surface area contributed by atoms with Gasteiger partial charge in [-0.3, -0.25) is 4.79 Å². The van der Waals surface area contributed by atoms with Crippen molar-refractivity contribution in [1.82, 2.24) is 9.80 Å². The van der Waals surface area contributed by atoms with Crippen LogP contribution in [0.5, 0.6) is 0 Å². The first-order valence-electron chi connectivity index (χ1n) is 7.36. The van der Waals surface area contributed by atoms with Gasteiger partial charge in [-0.05, 0) is 38.2 Å². The Morgan fingerprint density at radius 3 is 2.90 bits per heavy atom. The van der Waals surface area contributed by atoms with E-state index in [1.807, 2.05) is 35.2 Å². The molecule has 1 fully saturated rings. The first-order chi connectivity index (χ1) is 10.2. The van der Waals surface area contributed by atoms with E-state index >= 15 is 0 Å². The molecule has 0 aliphatic carbocycles. The number of likely N-dealkylation sites (N-methyl/N-ethyl adjacent to an activating group) is 1. The van der Waals surface area contributed by atoms with Gasteiger partial charge in [0.05, 0.1) is 0 Å². The summed E-state index contributed by atoms with van der Waals surface area (Å²) in [6, 6.07) is 9.81. The van der Waals surface area contributed by atoms with E-state index in [2.05, 4.69) is 11.9 Å². The minimum atomic E-state index is 0.0609. The lowest BCUT2D eigenvalue weighted by atomic mass is 10.2. The molecule has 2 aromatic rings. The Bertz CT molecular complexity index is 627. The molecule has 1 aromatic carbocycles. The minimum Gasteiger partial charge on any atom is -0.457 e. The lowest BCUT2D eigenvalue weighted by Gasteiger charge is -2.18. The molecule has 1 aromatic heterocycles. The molecule has 4 nitrogen and oxygen atoms in total. The minimum absolute atomic E-state index is 0.0609. The Balaban J connectivity index is 1.68. The molecule has 3 rings (SSSR count). The van der Waals surface area contributed by atoms with Crippen LogP contribution in [0.1, 0.15) is 12.2 Å². The van der Waals surface area contributed by atoms with Crippen molar-refractivity contribution in [2.24, 2.45) is 0 Å². The van der Waals surface area contributed by atoms with Gasteiger partial charge in [0.1, 0.15) is 11.3 Å². The maximum Gasteiger partial charge on any atom is 0.246 e. The summed E-state index contributed by atoms with van der Waals surface area (Å²) in [5.41, 5.74) is 0.848. The smallest absolute Gasteiger partial charge is 0.246 e. The molecule has 1 aliphatic heterocycles. The van der Waals surface area contributed by atoms with E-state index < -0.39 is 0 Å². The second-order valence-electron chi connectivity index (χ2n) is 5.50. The summed E-state index contributed by atoms with van der Waals surface area (Å²) in [4.78, 5) is 16.4. The van der Waals surface area contributed by atoms with Gasteiger partial charge in [-0.25, -0.2) is 0 Å². The summed E-state index contributed by atoms with van der Waals surface area (Å²) >= 11 is 0. The topological polar surface area (TPSA) is 36.7 Å². The Morgan fingerprint density at radius 2 is 2.05 bits per heavy atom. The molecule has 0 atom stereocenters. The van der Waals surface area contributed by atoms with Gasteiger partial charge >= 0.3 is 0 Å². The molecule has 0 bridgehead atoms. The maximum absolute atomic E-state index is 12.2. The number of fused-ring (bicyclic) bond motifs is 1. The molecule has 0 unspecified atom stereocenters. The van der Waals surface area contributed by atoms with Gasteiger partial charge in [-0.2, -0.15) is 0 Å². The molecule has 1 saturated heterocycles. The summed E-state index contributed by atoms with van der Waals surface area (Å²) in [5, 5.41) is 1.06. The van der Waals surface area contributed by atoms with E-state index in [1.54, 1.807) is 12.2 Å². The van der Waals surface area contributed by atoms with Gasteiger partial charge in [-0.15, -0.1) is 0 Å². The van der Waals surface area contributed by atoms with Crippen LogP contribution >= 0.6 is 0 Å². The highest BCUT2D eigenvalue weighted by molar-refractivity contribution is 5.92. The molecule has 0 N–H and O–H groups in total. The third kappa shape index (κ3) is 3.34. The molecule has 2 heterocycles. The molecule has 110 valence electrons. The SMILES string of the molecule is CN1CCCN(C(=O)/C=C/c2cc3ccccc3o2)CC1. The third-order valence-electron chi connectivity index (χ3n) is 3.87. The number of furan rings is 1. The molecule has 1 aliphatic rings. The van der Waals surface area contributed by atoms with Crippen LogP contribution < -0.4 is 0 Å². The number of hydrogen-bond acceptors (Lipinski definition) is 3. The molecule has 0 spiro atoms. The van der Waals surface area contributed by atoms with Crippen LogP contribution in [0.25, 0.3) is 17.0 Å². The fraction of sp³-hybridized carbons (Fsp3) is 0.353. The third-order valence-corrected chi connectivity index (χ3v) is 3.87. The van der Waals surface area contributed by atoms with Gasteiger partial charge in [0.15, 0.2) is 0 Å². The summed E-state index contributed by atoms with van der Waals surface area (Å²) in [6.07, 6.45) is 4.40. The fourth-order valence-corrected chi connectivity index (χ4v) is 2.61. The number of carbonyl (C=O) groups excluding carboxylic acids is 1. The van der Waals surface area contributed by atoms with Crippen molar-refractivity contribution in [1.29, 1.82) is 0 Å². The number of para-hydroxylation sites is 1. The van der Waals surface area contributed by atoms with Gasteiger partial charge in [0, 0.05) is 31.1 Å². The molecular formula is C17H20N2O2. The number of amides is 1. The summed E-state index contributed by atoms with van der Waals surface area (Å²) in [7, 11) is 2.10. The molecule has 1 amide bonds. The normalized spacial score (nSPS) is 17.5. The van der Waals surface area contributed by atoms with Crippen LogP contribution in [-0.4, -0.2) is 48.9 Å². The van der Waals surface area contributed by atoms with Gasteiger partial charge < -0.3 is 14.2 Å². The van der Waals surface area contributed by atoms with Crippen LogP contribution in [0.4, 0.5) is 0 Å². The zero-order chi connectivity index (χ0) is 14.7. The summed E-state index contributed by atoms with van der Waals surface area (Å²) in [5.74, 6) is 0.780. The second kappa shape index (κ2) is 6.14. The first-order valence-corrected chi connectivity index (χ1v) is 7.36. The van der Waals surface area contributed by atoms with Crippen molar-refractivity contribution in [3.8, 4) is 0 Å². The van der Waals surface area contributed by atoms with E-state index in [9.17, 15) is 4.79 Å². The van der Waals surface area contributed by atoms with E-state index in [0.717, 1.165) is 49.3 Å². The van der Waals surface area contributed by atoms with Crippen molar-refractivity contribution in [3.05, 3.63) is 42.2 Å². The number of carbonyl (C=O) groups is 1. The molecule has 0 radical (unpaired) electrons. The zero-order valence-corrected chi connectivity index (χ0v) is 12.3. The maximum atomic E-state index is 12.2. The monoisotopic (exact) mass is 284 g/mol. The molecule has 0 saturated carbocycles. The average Bonchev–Trinajstić information content (AvgIpc) is 2.78. The Labute approximate surface area is 124 Å². The lowest BCUT2D eigenvalue weighted by Crippen LogP contribution is -2.33. The van der Waals surface area contributed by atoms with Crippen molar-refractivity contribution in [2.75, 3.05) is 33.2 Å². The molecular weight excluding hydrogens is 264 g/mol. The highest BCUT2D eigenvalue weighted by Gasteiger charge is 2.15. The standard InChI is InChI=1S/C17H20N2O2/c1-18-9-4-10-19(12-11-18)17(20)8-7-15-13-14-5-2-3-6-16(14)21-15/h2-3,5-8,13H,4,9-12H2,1H3/b8-7+. The summed E-state index contributed by atoms with van der Waals surface area (Å²) < 4.78 is 5.68. The van der Waals surface area contributed by atoms with Gasteiger partial charge in [-0.1, -0.05) is 18.2 Å². The fourth-order valence-electron chi connectivity index (χ4n) is 2.61. The molecule has 21 heavy (non-hydrogen) atoms. The Hall–Kier alpha value is -2.07. The summed E-state index contributed by atoms with van der Waals surface area (Å²) in [6.45, 7) is 3.61. The lowest BCUT2D eigenvalue weighted by molar-refractivity contribution is -0.125. The average molecular weight is 284 g/mol. The van der Waals surface area contributed by atoms with Crippen molar-refractivity contribution in [2.45, 2.75) is 6.42 Å². The van der Waals surface area contributed by atoms with Crippen molar-refractivity contribution >= 4 is 23.0 Å². The van der Waals surface area contributed by atoms with Crippen LogP contribution in [0, 0.1) is 0 Å². The number of benzene rings is 1. The van der Waals surface area contributed by atoms with Crippen LogP contribution in [0.3, 0.4) is 0 Å². The van der Waals surface area contributed by atoms with Crippen LogP contribution in [-0.2, 0) is 4.79 Å². The zero-order valence-electron chi connectivity index (χ0n) is 12.3. The predicted octanol–water partition coefficient (Wildman–Crippen LogP) is 2.61. The highest BCUT2D eigenvalue weighted by Crippen LogP contribution is 2.19. The van der Waals surface area contributed by atoms with Gasteiger partial charge in [0.2, 0.25) is 5.91 Å². The highest BCUT2D eigenvalue weighted by atomic mass is 16.3. The van der Waals surface area contributed by atoms with E-state index in [1.165, 1.54) is 0 Å². The van der Waals surface area contributed by atoms with Crippen LogP contribution in [0.2, 0.25) is 0 Å². The Kier molecular flexibility index (Phi) is 4.06. The quantitative estimate of drug-likeness (QED) is 0.795. The van der Waals surface area contributed by atoms with Crippen LogP contribution in [0.15, 0.2) is 40.8 Å². The van der Waals surface area contributed by atoms with Gasteiger partial charge in [0.25, 0.3) is 0 Å². The number of nitrogens with zero attached hydrogens (tertiary/aromatic N) is 2. The van der Waals surface area contributed by atoms with E-state index in [0.29, 0.717) is 0 Å². The van der Waals surface area contributed by atoms with Crippen molar-refractivity contribution in [3.63, 3.8) is 0 Å². The van der Waals surface area contributed by atoms with E-state index in [-0.39, 0.29) is 5.91 Å². The second-order valence-corrected chi connectivity index (χ2v) is 5.50.